The van der Waals surface area contributed by atoms with Crippen molar-refractivity contribution in [3.8, 4) is 16.9 Å². The summed E-state index contributed by atoms with van der Waals surface area (Å²) in [6.07, 6.45) is 5.69. The van der Waals surface area contributed by atoms with Gasteiger partial charge in [-0.15, -0.1) is 0 Å². The van der Waals surface area contributed by atoms with Gasteiger partial charge in [-0.25, -0.2) is 13.1 Å². The molecule has 0 saturated heterocycles. The number of anilines is 1. The molecule has 4 rings (SSSR count). The quantitative estimate of drug-likeness (QED) is 0.587. The summed E-state index contributed by atoms with van der Waals surface area (Å²) in [5.41, 5.74) is 5.24. The number of ketones is 1. The summed E-state index contributed by atoms with van der Waals surface area (Å²) in [6.45, 7) is 8.73. The SMILES string of the molecule is COc1c(-c2ccc3c(c2)CCC3(C)CNS(C)(=O)=O)cc(N2C=CC(=O)CC2=O)cc1C(C)(C)C. The van der Waals surface area contributed by atoms with E-state index in [0.717, 1.165) is 40.8 Å². The van der Waals surface area contributed by atoms with Crippen LogP contribution in [0.2, 0.25) is 0 Å². The Kier molecular flexibility index (Phi) is 6.64. The van der Waals surface area contributed by atoms with Crippen LogP contribution in [0, 0.1) is 0 Å². The van der Waals surface area contributed by atoms with Crippen LogP contribution in [0.25, 0.3) is 11.1 Å². The highest BCUT2D eigenvalue weighted by molar-refractivity contribution is 7.88. The van der Waals surface area contributed by atoms with Crippen LogP contribution in [0.5, 0.6) is 5.75 Å². The zero-order chi connectivity index (χ0) is 26.5. The van der Waals surface area contributed by atoms with Crippen molar-refractivity contribution >= 4 is 27.4 Å². The molecular formula is C28H34N2O5S. The first kappa shape index (κ1) is 26.1. The molecule has 2 aromatic rings. The molecule has 7 nitrogen and oxygen atoms in total. The second-order valence-electron chi connectivity index (χ2n) is 11.1. The van der Waals surface area contributed by atoms with E-state index in [2.05, 4.69) is 44.5 Å². The van der Waals surface area contributed by atoms with Crippen molar-refractivity contribution in [1.82, 2.24) is 4.72 Å². The summed E-state index contributed by atoms with van der Waals surface area (Å²) >= 11 is 0. The minimum atomic E-state index is -3.28. The Morgan fingerprint density at radius 3 is 2.47 bits per heavy atom. The predicted octanol–water partition coefficient (Wildman–Crippen LogP) is 4.23. The molecule has 1 N–H and O–H groups in total. The lowest BCUT2D eigenvalue weighted by molar-refractivity contribution is -0.124. The number of sulfonamides is 1. The van der Waals surface area contributed by atoms with Gasteiger partial charge in [0.1, 0.15) is 5.75 Å². The summed E-state index contributed by atoms with van der Waals surface area (Å²) in [5, 5.41) is 0. The lowest BCUT2D eigenvalue weighted by Crippen LogP contribution is -2.36. The minimum Gasteiger partial charge on any atom is -0.496 e. The van der Waals surface area contributed by atoms with E-state index >= 15 is 0 Å². The van der Waals surface area contributed by atoms with Gasteiger partial charge in [0.15, 0.2) is 5.78 Å². The Hall–Kier alpha value is -2.97. The number of ether oxygens (including phenoxy) is 1. The minimum absolute atomic E-state index is 0.151. The molecule has 192 valence electrons. The number of fused-ring (bicyclic) bond motifs is 1. The fourth-order valence-corrected chi connectivity index (χ4v) is 5.67. The van der Waals surface area contributed by atoms with Gasteiger partial charge in [0.05, 0.1) is 19.8 Å². The van der Waals surface area contributed by atoms with E-state index < -0.39 is 10.0 Å². The van der Waals surface area contributed by atoms with Gasteiger partial charge in [0, 0.05) is 35.0 Å². The molecule has 1 atom stereocenters. The van der Waals surface area contributed by atoms with Crippen molar-refractivity contribution in [3.05, 3.63) is 59.3 Å². The van der Waals surface area contributed by atoms with E-state index in [1.807, 2.05) is 18.2 Å². The molecule has 1 aliphatic heterocycles. The van der Waals surface area contributed by atoms with Gasteiger partial charge in [0.25, 0.3) is 0 Å². The first-order valence-electron chi connectivity index (χ1n) is 12.1. The monoisotopic (exact) mass is 510 g/mol. The van der Waals surface area contributed by atoms with E-state index in [1.165, 1.54) is 29.0 Å². The first-order valence-corrected chi connectivity index (χ1v) is 13.9. The number of aryl methyl sites for hydroxylation is 1. The highest BCUT2D eigenvalue weighted by Crippen LogP contribution is 2.45. The molecule has 36 heavy (non-hydrogen) atoms. The lowest BCUT2D eigenvalue weighted by atomic mass is 9.82. The van der Waals surface area contributed by atoms with Crippen LogP contribution in [0.3, 0.4) is 0 Å². The number of allylic oxidation sites excluding steroid dienone is 1. The Balaban J connectivity index is 1.83. The Morgan fingerprint density at radius 1 is 1.14 bits per heavy atom. The van der Waals surface area contributed by atoms with Gasteiger partial charge in [0.2, 0.25) is 15.9 Å². The van der Waals surface area contributed by atoms with E-state index in [0.29, 0.717) is 12.2 Å². The molecule has 8 heteroatoms. The van der Waals surface area contributed by atoms with E-state index in [1.54, 1.807) is 7.11 Å². The maximum absolute atomic E-state index is 12.7. The van der Waals surface area contributed by atoms with E-state index in [4.69, 9.17) is 4.74 Å². The van der Waals surface area contributed by atoms with Gasteiger partial charge < -0.3 is 4.74 Å². The molecule has 2 aliphatic rings. The number of rotatable bonds is 6. The summed E-state index contributed by atoms with van der Waals surface area (Å²) in [5.74, 6) is 0.282. The molecule has 1 amide bonds. The van der Waals surface area contributed by atoms with Gasteiger partial charge in [-0.1, -0.05) is 45.9 Å². The number of hydrogen-bond donors (Lipinski definition) is 1. The maximum Gasteiger partial charge on any atom is 0.238 e. The second kappa shape index (κ2) is 9.16. The van der Waals surface area contributed by atoms with Crippen molar-refractivity contribution < 1.29 is 22.7 Å². The average molecular weight is 511 g/mol. The highest BCUT2D eigenvalue weighted by atomic mass is 32.2. The van der Waals surface area contributed by atoms with Crippen molar-refractivity contribution in [3.63, 3.8) is 0 Å². The Bertz CT molecular complexity index is 1370. The van der Waals surface area contributed by atoms with Crippen LogP contribution in [-0.2, 0) is 36.9 Å². The van der Waals surface area contributed by atoms with Crippen LogP contribution in [0.1, 0.15) is 57.2 Å². The van der Waals surface area contributed by atoms with Gasteiger partial charge in [-0.2, -0.15) is 0 Å². The van der Waals surface area contributed by atoms with E-state index in [-0.39, 0.29) is 28.9 Å². The summed E-state index contributed by atoms with van der Waals surface area (Å²) < 4.78 is 32.0. The van der Waals surface area contributed by atoms with Crippen LogP contribution in [0.15, 0.2) is 42.6 Å². The summed E-state index contributed by atoms with van der Waals surface area (Å²) in [7, 11) is -1.63. The number of benzene rings is 2. The van der Waals surface area contributed by atoms with Gasteiger partial charge in [-0.05, 0) is 53.2 Å². The third-order valence-electron chi connectivity index (χ3n) is 7.10. The molecule has 1 unspecified atom stereocenters. The van der Waals surface area contributed by atoms with Crippen LogP contribution in [-0.4, -0.2) is 40.0 Å². The number of nitrogens with zero attached hydrogens (tertiary/aromatic N) is 1. The summed E-state index contributed by atoms with van der Waals surface area (Å²) in [6, 6.07) is 10.2. The molecule has 2 aromatic carbocycles. The van der Waals surface area contributed by atoms with Gasteiger partial charge in [-0.3, -0.25) is 14.5 Å². The number of amides is 1. The molecule has 0 aromatic heterocycles. The van der Waals surface area contributed by atoms with Crippen LogP contribution in [0.4, 0.5) is 5.69 Å². The molecule has 0 bridgehead atoms. The molecular weight excluding hydrogens is 476 g/mol. The van der Waals surface area contributed by atoms with Crippen LogP contribution >= 0.6 is 0 Å². The lowest BCUT2D eigenvalue weighted by Gasteiger charge is -2.29. The molecule has 0 saturated carbocycles. The second-order valence-corrected chi connectivity index (χ2v) is 12.9. The number of nitrogens with one attached hydrogen (secondary N) is 1. The standard InChI is InChI=1S/C28H34N2O5S/c1-27(2,3)24-15-20(30-12-10-21(31)16-25(30)32)14-22(26(24)35-5)18-7-8-23-19(13-18)9-11-28(23,4)17-29-36(6,33)34/h7-8,10,12-15,29H,9,11,16-17H2,1-6H3. The zero-order valence-electron chi connectivity index (χ0n) is 21.8. The highest BCUT2D eigenvalue weighted by Gasteiger charge is 2.35. The molecule has 0 fully saturated rings. The van der Waals surface area contributed by atoms with Gasteiger partial charge >= 0.3 is 0 Å². The van der Waals surface area contributed by atoms with E-state index in [9.17, 15) is 18.0 Å². The number of hydrogen-bond acceptors (Lipinski definition) is 5. The van der Waals surface area contributed by atoms with Crippen molar-refractivity contribution in [1.29, 1.82) is 0 Å². The third kappa shape index (κ3) is 5.11. The fourth-order valence-electron chi connectivity index (χ4n) is 5.08. The largest absolute Gasteiger partial charge is 0.496 e. The molecule has 1 heterocycles. The Morgan fingerprint density at radius 2 is 1.86 bits per heavy atom. The fraction of sp³-hybridized carbons (Fsp3) is 0.429. The number of carbonyl (C=O) groups excluding carboxylic acids is 2. The smallest absolute Gasteiger partial charge is 0.238 e. The average Bonchev–Trinajstić information content (AvgIpc) is 3.12. The molecule has 0 spiro atoms. The summed E-state index contributed by atoms with van der Waals surface area (Å²) in [4.78, 5) is 26.0. The topological polar surface area (TPSA) is 92.8 Å². The maximum atomic E-state index is 12.7. The number of carbonyl (C=O) groups is 2. The van der Waals surface area contributed by atoms with Crippen molar-refractivity contribution in [2.45, 2.75) is 57.8 Å². The zero-order valence-corrected chi connectivity index (χ0v) is 22.6. The Labute approximate surface area is 213 Å². The molecule has 0 radical (unpaired) electrons. The third-order valence-corrected chi connectivity index (χ3v) is 7.77. The van der Waals surface area contributed by atoms with Crippen molar-refractivity contribution in [2.24, 2.45) is 0 Å². The normalized spacial score (nSPS) is 20.1. The van der Waals surface area contributed by atoms with Crippen LogP contribution < -0.4 is 14.4 Å². The number of methoxy groups -OCH3 is 1. The first-order chi connectivity index (χ1) is 16.7. The predicted molar refractivity (Wildman–Crippen MR) is 142 cm³/mol. The van der Waals surface area contributed by atoms with Crippen molar-refractivity contribution in [2.75, 3.05) is 24.8 Å². The molecule has 1 aliphatic carbocycles.